The Bertz CT molecular complexity index is 1170. The summed E-state index contributed by atoms with van der Waals surface area (Å²) in [5.41, 5.74) is 9.39. The van der Waals surface area contributed by atoms with Gasteiger partial charge in [-0.25, -0.2) is 15.2 Å². The zero-order valence-electron chi connectivity index (χ0n) is 16.4. The van der Waals surface area contributed by atoms with Gasteiger partial charge in [0.1, 0.15) is 0 Å². The van der Waals surface area contributed by atoms with E-state index < -0.39 is 0 Å². The third kappa shape index (κ3) is 3.62. The van der Waals surface area contributed by atoms with Crippen molar-refractivity contribution >= 4 is 29.2 Å². The van der Waals surface area contributed by atoms with Crippen LogP contribution in [0.4, 0.5) is 5.95 Å². The fourth-order valence-electron chi connectivity index (χ4n) is 3.35. The number of nitrogens with zero attached hydrogens (tertiary/aromatic N) is 3. The quantitative estimate of drug-likeness (QED) is 0.305. The van der Waals surface area contributed by atoms with Crippen LogP contribution < -0.4 is 5.43 Å². The van der Waals surface area contributed by atoms with E-state index in [0.29, 0.717) is 11.5 Å². The van der Waals surface area contributed by atoms with E-state index in [9.17, 15) is 4.79 Å². The summed E-state index contributed by atoms with van der Waals surface area (Å²) >= 11 is 0. The van der Waals surface area contributed by atoms with Crippen molar-refractivity contribution in [1.82, 2.24) is 14.5 Å². The molecule has 0 saturated heterocycles. The highest BCUT2D eigenvalue weighted by Gasteiger charge is 2.11. The number of para-hydroxylation sites is 2. The summed E-state index contributed by atoms with van der Waals surface area (Å²) in [5, 5.41) is 4.32. The maximum absolute atomic E-state index is 11.6. The van der Waals surface area contributed by atoms with Crippen LogP contribution >= 0.6 is 0 Å². The van der Waals surface area contributed by atoms with Gasteiger partial charge in [0.25, 0.3) is 0 Å². The molecule has 4 rings (SSSR count). The Balaban J connectivity index is 1.55. The number of esters is 1. The summed E-state index contributed by atoms with van der Waals surface area (Å²) in [6.07, 6.45) is 1.77. The summed E-state index contributed by atoms with van der Waals surface area (Å²) in [7, 11) is 1.38. The van der Waals surface area contributed by atoms with Crippen LogP contribution in [0.15, 0.2) is 59.7 Å². The predicted molar refractivity (Wildman–Crippen MR) is 114 cm³/mol. The number of hydrazone groups is 1. The Morgan fingerprint density at radius 1 is 1.17 bits per heavy atom. The van der Waals surface area contributed by atoms with Crippen LogP contribution in [0.1, 0.15) is 27.3 Å². The first-order chi connectivity index (χ1) is 14.1. The van der Waals surface area contributed by atoms with Gasteiger partial charge >= 0.3 is 5.97 Å². The number of fused-ring (bicyclic) bond motifs is 1. The highest BCUT2D eigenvalue weighted by atomic mass is 16.5. The van der Waals surface area contributed by atoms with Crippen molar-refractivity contribution in [2.45, 2.75) is 13.8 Å². The van der Waals surface area contributed by atoms with E-state index in [1.807, 2.05) is 50.2 Å². The fraction of sp³-hybridized carbons (Fsp3) is 0.136. The van der Waals surface area contributed by atoms with Gasteiger partial charge in [0, 0.05) is 22.6 Å². The SMILES string of the molecule is COC(=O)c1ccc(-n2c(C)cc(/C=N\Nc3nc4ccccc4[nH]3)c2C)cc1. The molecule has 2 heterocycles. The standard InChI is InChI=1S/C22H21N5O2/c1-14-12-17(13-23-26-22-24-19-6-4-5-7-20(19)25-22)15(2)27(14)18-10-8-16(9-11-18)21(28)29-3/h4-13H,1-3H3,(H2,24,25,26)/b23-13-. The molecule has 4 aromatic rings. The molecule has 7 heteroatoms. The lowest BCUT2D eigenvalue weighted by molar-refractivity contribution is 0.0601. The van der Waals surface area contributed by atoms with E-state index in [4.69, 9.17) is 4.74 Å². The van der Waals surface area contributed by atoms with Gasteiger partial charge < -0.3 is 14.3 Å². The second-order valence-electron chi connectivity index (χ2n) is 6.67. The number of aromatic nitrogens is 3. The third-order valence-electron chi connectivity index (χ3n) is 4.78. The maximum Gasteiger partial charge on any atom is 0.337 e. The van der Waals surface area contributed by atoms with E-state index in [1.54, 1.807) is 18.3 Å². The van der Waals surface area contributed by atoms with Crippen LogP contribution in [0.2, 0.25) is 0 Å². The monoisotopic (exact) mass is 387 g/mol. The molecule has 0 unspecified atom stereocenters. The second-order valence-corrected chi connectivity index (χ2v) is 6.67. The lowest BCUT2D eigenvalue weighted by atomic mass is 10.2. The molecule has 2 aromatic carbocycles. The molecule has 0 aliphatic carbocycles. The third-order valence-corrected chi connectivity index (χ3v) is 4.78. The van der Waals surface area contributed by atoms with Crippen LogP contribution in [0.25, 0.3) is 16.7 Å². The van der Waals surface area contributed by atoms with Gasteiger partial charge in [0.2, 0.25) is 5.95 Å². The van der Waals surface area contributed by atoms with Gasteiger partial charge in [-0.15, -0.1) is 0 Å². The minimum absolute atomic E-state index is 0.345. The molecule has 0 spiro atoms. The molecule has 2 aromatic heterocycles. The number of methoxy groups -OCH3 is 1. The minimum atomic E-state index is -0.345. The number of hydrogen-bond acceptors (Lipinski definition) is 5. The molecule has 0 fully saturated rings. The minimum Gasteiger partial charge on any atom is -0.465 e. The van der Waals surface area contributed by atoms with Crippen LogP contribution in [-0.2, 0) is 4.74 Å². The summed E-state index contributed by atoms with van der Waals surface area (Å²) in [4.78, 5) is 19.3. The van der Waals surface area contributed by atoms with Gasteiger partial charge in [-0.2, -0.15) is 5.10 Å². The first-order valence-electron chi connectivity index (χ1n) is 9.18. The summed E-state index contributed by atoms with van der Waals surface area (Å²) in [6, 6.07) is 17.2. The van der Waals surface area contributed by atoms with Crippen molar-refractivity contribution in [3.05, 3.63) is 77.1 Å². The van der Waals surface area contributed by atoms with Crippen molar-refractivity contribution < 1.29 is 9.53 Å². The average Bonchev–Trinajstić information content (AvgIpc) is 3.27. The number of benzene rings is 2. The van der Waals surface area contributed by atoms with Crippen LogP contribution in [0, 0.1) is 13.8 Å². The first-order valence-corrected chi connectivity index (χ1v) is 9.18. The molecule has 0 aliphatic heterocycles. The molecule has 0 amide bonds. The van der Waals surface area contributed by atoms with E-state index in [-0.39, 0.29) is 5.97 Å². The Morgan fingerprint density at radius 3 is 2.66 bits per heavy atom. The number of anilines is 1. The molecule has 7 nitrogen and oxygen atoms in total. The maximum atomic E-state index is 11.6. The van der Waals surface area contributed by atoms with Crippen molar-refractivity contribution in [1.29, 1.82) is 0 Å². The summed E-state index contributed by atoms with van der Waals surface area (Å²) in [6.45, 7) is 4.06. The molecule has 0 saturated carbocycles. The smallest absolute Gasteiger partial charge is 0.337 e. The number of nitrogens with one attached hydrogen (secondary N) is 2. The summed E-state index contributed by atoms with van der Waals surface area (Å²) < 4.78 is 6.87. The Kier molecular flexibility index (Phi) is 4.87. The van der Waals surface area contributed by atoms with E-state index in [0.717, 1.165) is 33.7 Å². The fourth-order valence-corrected chi connectivity index (χ4v) is 3.35. The summed E-state index contributed by atoms with van der Waals surface area (Å²) in [5.74, 6) is 0.247. The molecule has 146 valence electrons. The normalized spacial score (nSPS) is 11.3. The Morgan fingerprint density at radius 2 is 1.93 bits per heavy atom. The molecular formula is C22H21N5O2. The first kappa shape index (κ1) is 18.5. The number of rotatable bonds is 5. The molecule has 0 radical (unpaired) electrons. The van der Waals surface area contributed by atoms with Gasteiger partial charge in [0.05, 0.1) is 29.9 Å². The Labute approximate surface area is 168 Å². The van der Waals surface area contributed by atoms with Gasteiger partial charge in [-0.05, 0) is 56.3 Å². The van der Waals surface area contributed by atoms with Gasteiger partial charge in [-0.3, -0.25) is 0 Å². The largest absolute Gasteiger partial charge is 0.465 e. The number of imidazole rings is 1. The molecular weight excluding hydrogens is 366 g/mol. The van der Waals surface area contributed by atoms with Crippen LogP contribution in [0.5, 0.6) is 0 Å². The van der Waals surface area contributed by atoms with E-state index in [2.05, 4.69) is 31.1 Å². The van der Waals surface area contributed by atoms with Crippen molar-refractivity contribution in [2.75, 3.05) is 12.5 Å². The zero-order chi connectivity index (χ0) is 20.4. The van der Waals surface area contributed by atoms with Crippen LogP contribution in [-0.4, -0.2) is 33.8 Å². The number of H-pyrrole nitrogens is 1. The topological polar surface area (TPSA) is 84.3 Å². The highest BCUT2D eigenvalue weighted by molar-refractivity contribution is 5.89. The number of aromatic amines is 1. The van der Waals surface area contributed by atoms with Gasteiger partial charge in [0.15, 0.2) is 0 Å². The number of carbonyl (C=O) groups is 1. The van der Waals surface area contributed by atoms with Crippen molar-refractivity contribution in [3.63, 3.8) is 0 Å². The van der Waals surface area contributed by atoms with Crippen LogP contribution in [0.3, 0.4) is 0 Å². The second kappa shape index (κ2) is 7.63. The Hall–Kier alpha value is -3.87. The van der Waals surface area contributed by atoms with E-state index >= 15 is 0 Å². The number of aryl methyl sites for hydroxylation is 1. The van der Waals surface area contributed by atoms with E-state index in [1.165, 1.54) is 7.11 Å². The predicted octanol–water partition coefficient (Wildman–Crippen LogP) is 4.20. The highest BCUT2D eigenvalue weighted by Crippen LogP contribution is 2.21. The lowest BCUT2D eigenvalue weighted by Crippen LogP contribution is -2.03. The van der Waals surface area contributed by atoms with Gasteiger partial charge in [-0.1, -0.05) is 12.1 Å². The molecule has 0 bridgehead atoms. The molecule has 29 heavy (non-hydrogen) atoms. The van der Waals surface area contributed by atoms with Crippen molar-refractivity contribution in [3.8, 4) is 5.69 Å². The lowest BCUT2D eigenvalue weighted by Gasteiger charge is -2.10. The number of carbonyl (C=O) groups excluding carboxylic acids is 1. The molecule has 2 N–H and O–H groups in total. The zero-order valence-corrected chi connectivity index (χ0v) is 16.4. The molecule has 0 atom stereocenters. The number of hydrogen-bond donors (Lipinski definition) is 2. The van der Waals surface area contributed by atoms with Crippen molar-refractivity contribution in [2.24, 2.45) is 5.10 Å². The number of ether oxygens (including phenoxy) is 1. The molecule has 0 aliphatic rings. The average molecular weight is 387 g/mol.